The van der Waals surface area contributed by atoms with E-state index in [4.69, 9.17) is 5.73 Å². The van der Waals surface area contributed by atoms with Gasteiger partial charge in [-0.2, -0.15) is 11.8 Å². The van der Waals surface area contributed by atoms with Gasteiger partial charge in [-0.15, -0.1) is 0 Å². The highest BCUT2D eigenvalue weighted by molar-refractivity contribution is 8.00. The Bertz CT molecular complexity index is 300. The predicted molar refractivity (Wildman–Crippen MR) is 90.4 cm³/mol. The molecule has 0 aromatic rings. The summed E-state index contributed by atoms with van der Waals surface area (Å²) in [5, 5.41) is 1.48. The molecule has 2 N–H and O–H groups in total. The number of rotatable bonds is 3. The quantitative estimate of drug-likeness (QED) is 0.867. The lowest BCUT2D eigenvalue weighted by atomic mass is 9.87. The highest BCUT2D eigenvalue weighted by atomic mass is 32.2. The van der Waals surface area contributed by atoms with Crippen molar-refractivity contribution in [3.63, 3.8) is 0 Å². The van der Waals surface area contributed by atoms with E-state index in [0.29, 0.717) is 6.04 Å². The number of thioether (sulfide) groups is 1. The summed E-state index contributed by atoms with van der Waals surface area (Å²) in [6, 6.07) is 0.665. The summed E-state index contributed by atoms with van der Waals surface area (Å²) in [6.07, 6.45) is 3.81. The summed E-state index contributed by atoms with van der Waals surface area (Å²) in [4.78, 5) is 5.37. The average molecular weight is 300 g/mol. The van der Waals surface area contributed by atoms with Gasteiger partial charge in [-0.05, 0) is 39.7 Å². The minimum Gasteiger partial charge on any atom is -0.329 e. The fraction of sp³-hybridized carbons (Fsp3) is 1.00. The number of hydrogen-bond donors (Lipinski definition) is 1. The third-order valence-corrected chi connectivity index (χ3v) is 6.38. The molecule has 0 bridgehead atoms. The summed E-state index contributed by atoms with van der Waals surface area (Å²) in [7, 11) is 0. The molecule has 2 aliphatic rings. The molecule has 0 aliphatic carbocycles. The molecule has 118 valence electrons. The highest BCUT2D eigenvalue weighted by Gasteiger charge is 2.40. The van der Waals surface area contributed by atoms with E-state index >= 15 is 0 Å². The molecule has 0 amide bonds. The van der Waals surface area contributed by atoms with Gasteiger partial charge in [-0.25, -0.2) is 0 Å². The Morgan fingerprint density at radius 1 is 1.15 bits per heavy atom. The second-order valence-corrected chi connectivity index (χ2v) is 8.96. The van der Waals surface area contributed by atoms with Crippen LogP contribution in [-0.4, -0.2) is 64.6 Å². The fourth-order valence-electron chi connectivity index (χ4n) is 3.93. The molecule has 0 aromatic heterocycles. The SMILES string of the molecule is CC1CN(C2(CN)CCCN(C(C)C)CC2)CC(C)S1. The van der Waals surface area contributed by atoms with E-state index in [1.807, 2.05) is 0 Å². The van der Waals surface area contributed by atoms with Gasteiger partial charge in [0, 0.05) is 48.3 Å². The zero-order valence-electron chi connectivity index (χ0n) is 13.8. The first-order valence-electron chi connectivity index (χ1n) is 8.31. The summed E-state index contributed by atoms with van der Waals surface area (Å²) in [6.45, 7) is 15.1. The van der Waals surface area contributed by atoms with Gasteiger partial charge in [-0.3, -0.25) is 4.90 Å². The van der Waals surface area contributed by atoms with Crippen LogP contribution in [0.25, 0.3) is 0 Å². The maximum Gasteiger partial charge on any atom is 0.0345 e. The lowest BCUT2D eigenvalue weighted by molar-refractivity contribution is 0.0749. The standard InChI is InChI=1S/C16H33N3S/c1-13(2)18-8-5-6-16(12-17,7-9-18)19-10-14(3)20-15(4)11-19/h13-15H,5-12,17H2,1-4H3. The van der Waals surface area contributed by atoms with Gasteiger partial charge >= 0.3 is 0 Å². The molecule has 0 saturated carbocycles. The molecule has 3 unspecified atom stereocenters. The van der Waals surface area contributed by atoms with Gasteiger partial charge in [0.15, 0.2) is 0 Å². The van der Waals surface area contributed by atoms with Gasteiger partial charge in [0.1, 0.15) is 0 Å². The lowest BCUT2D eigenvalue weighted by Crippen LogP contribution is -2.59. The van der Waals surface area contributed by atoms with Gasteiger partial charge in [0.25, 0.3) is 0 Å². The van der Waals surface area contributed by atoms with Crippen molar-refractivity contribution in [3.05, 3.63) is 0 Å². The van der Waals surface area contributed by atoms with Crippen molar-refractivity contribution < 1.29 is 0 Å². The van der Waals surface area contributed by atoms with Crippen LogP contribution in [0, 0.1) is 0 Å². The predicted octanol–water partition coefficient (Wildman–Crippen LogP) is 2.40. The van der Waals surface area contributed by atoms with Crippen LogP contribution in [0.5, 0.6) is 0 Å². The van der Waals surface area contributed by atoms with E-state index in [1.54, 1.807) is 0 Å². The molecule has 3 atom stereocenters. The number of nitrogens with zero attached hydrogens (tertiary/aromatic N) is 2. The van der Waals surface area contributed by atoms with E-state index in [1.165, 1.54) is 45.4 Å². The fourth-order valence-corrected chi connectivity index (χ4v) is 5.26. The number of nitrogens with two attached hydrogens (primary N) is 1. The third kappa shape index (κ3) is 3.70. The Kier molecular flexibility index (Phi) is 5.80. The number of likely N-dealkylation sites (tertiary alicyclic amines) is 1. The largest absolute Gasteiger partial charge is 0.329 e. The molecule has 2 heterocycles. The van der Waals surface area contributed by atoms with Crippen LogP contribution in [0.3, 0.4) is 0 Å². The van der Waals surface area contributed by atoms with Crippen molar-refractivity contribution in [3.8, 4) is 0 Å². The van der Waals surface area contributed by atoms with E-state index in [0.717, 1.165) is 17.0 Å². The Balaban J connectivity index is 2.08. The molecule has 2 rings (SSSR count). The third-order valence-electron chi connectivity index (χ3n) is 5.15. The van der Waals surface area contributed by atoms with E-state index in [-0.39, 0.29) is 5.54 Å². The van der Waals surface area contributed by atoms with Crippen molar-refractivity contribution in [1.82, 2.24) is 9.80 Å². The first-order valence-corrected chi connectivity index (χ1v) is 9.26. The van der Waals surface area contributed by atoms with Gasteiger partial charge < -0.3 is 10.6 Å². The molecule has 2 saturated heterocycles. The van der Waals surface area contributed by atoms with Crippen molar-refractivity contribution >= 4 is 11.8 Å². The van der Waals surface area contributed by atoms with Crippen LogP contribution in [0.15, 0.2) is 0 Å². The summed E-state index contributed by atoms with van der Waals surface area (Å²) in [5.74, 6) is 0. The van der Waals surface area contributed by atoms with Crippen LogP contribution in [0.1, 0.15) is 47.0 Å². The summed E-state index contributed by atoms with van der Waals surface area (Å²) >= 11 is 2.14. The van der Waals surface area contributed by atoms with Crippen LogP contribution >= 0.6 is 11.8 Å². The lowest BCUT2D eigenvalue weighted by Gasteiger charge is -2.48. The zero-order chi connectivity index (χ0) is 14.8. The van der Waals surface area contributed by atoms with E-state index < -0.39 is 0 Å². The minimum atomic E-state index is 0.257. The maximum atomic E-state index is 6.28. The van der Waals surface area contributed by atoms with Crippen LogP contribution < -0.4 is 5.73 Å². The second kappa shape index (κ2) is 6.99. The van der Waals surface area contributed by atoms with Gasteiger partial charge in [0.2, 0.25) is 0 Å². The van der Waals surface area contributed by atoms with Crippen LogP contribution in [0.2, 0.25) is 0 Å². The topological polar surface area (TPSA) is 32.5 Å². The molecule has 2 aliphatic heterocycles. The smallest absolute Gasteiger partial charge is 0.0345 e. The molecule has 4 heteroatoms. The van der Waals surface area contributed by atoms with Crippen molar-refractivity contribution in [2.45, 2.75) is 69.0 Å². The Morgan fingerprint density at radius 3 is 2.35 bits per heavy atom. The summed E-state index contributed by atoms with van der Waals surface area (Å²) < 4.78 is 0. The Morgan fingerprint density at radius 2 is 1.80 bits per heavy atom. The highest BCUT2D eigenvalue weighted by Crippen LogP contribution is 2.35. The molecule has 0 radical (unpaired) electrons. The number of hydrogen-bond acceptors (Lipinski definition) is 4. The molecular weight excluding hydrogens is 266 g/mol. The van der Waals surface area contributed by atoms with E-state index in [9.17, 15) is 0 Å². The van der Waals surface area contributed by atoms with Crippen molar-refractivity contribution in [2.75, 3.05) is 32.7 Å². The molecule has 0 spiro atoms. The van der Waals surface area contributed by atoms with Gasteiger partial charge in [0.05, 0.1) is 0 Å². The first kappa shape index (κ1) is 16.6. The first-order chi connectivity index (χ1) is 9.47. The molecule has 2 fully saturated rings. The maximum absolute atomic E-state index is 6.28. The Labute approximate surface area is 129 Å². The molecule has 3 nitrogen and oxygen atoms in total. The molecular formula is C16H33N3S. The van der Waals surface area contributed by atoms with Gasteiger partial charge in [-0.1, -0.05) is 13.8 Å². The van der Waals surface area contributed by atoms with E-state index in [2.05, 4.69) is 49.3 Å². The van der Waals surface area contributed by atoms with Crippen molar-refractivity contribution in [1.29, 1.82) is 0 Å². The monoisotopic (exact) mass is 299 g/mol. The minimum absolute atomic E-state index is 0.257. The second-order valence-electron chi connectivity index (χ2n) is 7.07. The average Bonchev–Trinajstić information content (AvgIpc) is 2.60. The zero-order valence-corrected chi connectivity index (χ0v) is 14.6. The van der Waals surface area contributed by atoms with Crippen LogP contribution in [-0.2, 0) is 0 Å². The van der Waals surface area contributed by atoms with Crippen LogP contribution in [0.4, 0.5) is 0 Å². The Hall–Kier alpha value is 0.230. The molecule has 0 aromatic carbocycles. The normalized spacial score (nSPS) is 38.1. The van der Waals surface area contributed by atoms with Crippen molar-refractivity contribution in [2.24, 2.45) is 5.73 Å². The summed E-state index contributed by atoms with van der Waals surface area (Å²) in [5.41, 5.74) is 6.54. The molecule has 20 heavy (non-hydrogen) atoms.